The molecule has 0 aliphatic carbocycles. The van der Waals surface area contributed by atoms with E-state index in [0.717, 1.165) is 35.6 Å². The number of carbonyl (C=O) groups is 1. The molecule has 2 aliphatic heterocycles. The summed E-state index contributed by atoms with van der Waals surface area (Å²) in [7, 11) is 0. The largest absolute Gasteiger partial charge is 0.478 e. The van der Waals surface area contributed by atoms with E-state index < -0.39 is 5.97 Å². The van der Waals surface area contributed by atoms with Crippen molar-refractivity contribution in [3.05, 3.63) is 64.9 Å². The summed E-state index contributed by atoms with van der Waals surface area (Å²) >= 11 is 0. The van der Waals surface area contributed by atoms with E-state index in [1.807, 2.05) is 30.2 Å². The minimum Gasteiger partial charge on any atom is -0.478 e. The molecule has 0 radical (unpaired) electrons. The highest BCUT2D eigenvalue weighted by Crippen LogP contribution is 2.29. The van der Waals surface area contributed by atoms with Gasteiger partial charge in [0.15, 0.2) is 5.96 Å². The molecule has 28 heavy (non-hydrogen) atoms. The Labute approximate surface area is 161 Å². The van der Waals surface area contributed by atoms with Crippen LogP contribution in [-0.2, 0) is 16.0 Å². The number of guanidine groups is 1. The number of anilines is 2. The van der Waals surface area contributed by atoms with Crippen molar-refractivity contribution in [3.63, 3.8) is 0 Å². The van der Waals surface area contributed by atoms with Crippen molar-refractivity contribution in [2.45, 2.75) is 6.42 Å². The summed E-state index contributed by atoms with van der Waals surface area (Å²) in [6.07, 6.45) is 2.10. The second-order valence-electron chi connectivity index (χ2n) is 6.53. The van der Waals surface area contributed by atoms with Crippen LogP contribution in [0.15, 0.2) is 53.2 Å². The zero-order valence-electron chi connectivity index (χ0n) is 15.0. The summed E-state index contributed by atoms with van der Waals surface area (Å²) in [4.78, 5) is 27.0. The first-order chi connectivity index (χ1) is 13.6. The lowest BCUT2D eigenvalue weighted by Gasteiger charge is -2.09. The highest BCUT2D eigenvalue weighted by molar-refractivity contribution is 6.21. The lowest BCUT2D eigenvalue weighted by Crippen LogP contribution is -2.26. The zero-order chi connectivity index (χ0) is 19.5. The number of carboxylic acid groups (broad SMARTS) is 1. The quantitative estimate of drug-likeness (QED) is 0.372. The molecule has 0 aromatic heterocycles. The molecule has 7 heteroatoms. The molecule has 0 spiro atoms. The molecule has 0 saturated heterocycles. The summed E-state index contributed by atoms with van der Waals surface area (Å²) < 4.78 is 0. The van der Waals surface area contributed by atoms with Gasteiger partial charge in [0.2, 0.25) is 0 Å². The Morgan fingerprint density at radius 1 is 1.25 bits per heavy atom. The highest BCUT2D eigenvalue weighted by Gasteiger charge is 2.17. The van der Waals surface area contributed by atoms with Gasteiger partial charge in [-0.05, 0) is 47.0 Å². The third-order valence-corrected chi connectivity index (χ3v) is 4.56. The fourth-order valence-electron chi connectivity index (χ4n) is 3.25. The lowest BCUT2D eigenvalue weighted by atomic mass is 10.0. The van der Waals surface area contributed by atoms with Gasteiger partial charge in [-0.15, -0.1) is 0 Å². The van der Waals surface area contributed by atoms with Crippen LogP contribution < -0.4 is 16.0 Å². The number of carbonyl (C=O) groups excluding carboxylic acids is 1. The minimum atomic E-state index is -1.01. The predicted octanol–water partition coefficient (Wildman–Crippen LogP) is 2.37. The van der Waals surface area contributed by atoms with Gasteiger partial charge in [0.05, 0.1) is 12.1 Å². The average molecular weight is 374 g/mol. The van der Waals surface area contributed by atoms with Crippen molar-refractivity contribution in [3.8, 4) is 0 Å². The van der Waals surface area contributed by atoms with E-state index in [0.29, 0.717) is 23.6 Å². The second-order valence-corrected chi connectivity index (χ2v) is 6.53. The molecule has 0 fully saturated rings. The van der Waals surface area contributed by atoms with Crippen LogP contribution in [0, 0.1) is 0 Å². The highest BCUT2D eigenvalue weighted by atomic mass is 16.4. The van der Waals surface area contributed by atoms with Crippen LogP contribution in [0.3, 0.4) is 0 Å². The summed E-state index contributed by atoms with van der Waals surface area (Å²) in [6.45, 7) is 1.51. The molecule has 4 rings (SSSR count). The molecule has 0 amide bonds. The maximum Gasteiger partial charge on any atom is 0.336 e. The molecule has 7 nitrogen and oxygen atoms in total. The fourth-order valence-corrected chi connectivity index (χ4v) is 3.25. The number of carboxylic acids is 1. The average Bonchev–Trinajstić information content (AvgIpc) is 3.34. The Bertz CT molecular complexity index is 1070. The number of allylic oxidation sites excluding steroid dienone is 1. The van der Waals surface area contributed by atoms with Gasteiger partial charge in [-0.2, -0.15) is 0 Å². The molecular formula is C21H18N4O3. The van der Waals surface area contributed by atoms with E-state index >= 15 is 0 Å². The third kappa shape index (κ3) is 3.65. The molecule has 140 valence electrons. The molecule has 2 aromatic carbocycles. The summed E-state index contributed by atoms with van der Waals surface area (Å²) in [5, 5.41) is 19.0. The number of nitrogens with one attached hydrogen (secondary N) is 3. The van der Waals surface area contributed by atoms with Gasteiger partial charge in [0, 0.05) is 24.3 Å². The predicted molar refractivity (Wildman–Crippen MR) is 109 cm³/mol. The van der Waals surface area contributed by atoms with E-state index in [9.17, 15) is 14.7 Å². The Kier molecular flexibility index (Phi) is 4.66. The fraction of sp³-hybridized carbons (Fsp3) is 0.143. The Morgan fingerprint density at radius 2 is 2.14 bits per heavy atom. The second kappa shape index (κ2) is 7.42. The van der Waals surface area contributed by atoms with Gasteiger partial charge in [-0.1, -0.05) is 18.2 Å². The van der Waals surface area contributed by atoms with E-state index in [1.165, 1.54) is 0 Å². The first kappa shape index (κ1) is 17.6. The maximum absolute atomic E-state index is 11.9. The SMILES string of the molecule is O=C=C1Cc2cc(C=C(C(=O)O)c3cccc(NC4=NCCN4)c3)ccc2N1. The van der Waals surface area contributed by atoms with Crippen LogP contribution >= 0.6 is 0 Å². The maximum atomic E-state index is 11.9. The molecule has 0 atom stereocenters. The van der Waals surface area contributed by atoms with Crippen molar-refractivity contribution in [2.75, 3.05) is 23.7 Å². The first-order valence-electron chi connectivity index (χ1n) is 8.87. The summed E-state index contributed by atoms with van der Waals surface area (Å²) in [5.41, 5.74) is 4.56. The van der Waals surface area contributed by atoms with Gasteiger partial charge in [0.25, 0.3) is 0 Å². The smallest absolute Gasteiger partial charge is 0.336 e. The molecule has 0 saturated carbocycles. The monoisotopic (exact) mass is 374 g/mol. The normalized spacial score (nSPS) is 15.2. The Hall–Kier alpha value is -3.83. The number of hydrogen-bond acceptors (Lipinski definition) is 6. The molecule has 0 bridgehead atoms. The third-order valence-electron chi connectivity index (χ3n) is 4.56. The number of benzene rings is 2. The van der Waals surface area contributed by atoms with Crippen molar-refractivity contribution in [1.29, 1.82) is 0 Å². The number of aliphatic imine (C=N–C) groups is 1. The van der Waals surface area contributed by atoms with Crippen molar-refractivity contribution >= 4 is 40.9 Å². The van der Waals surface area contributed by atoms with Gasteiger partial charge in [-0.3, -0.25) is 4.99 Å². The van der Waals surface area contributed by atoms with E-state index in [2.05, 4.69) is 20.9 Å². The van der Waals surface area contributed by atoms with Crippen molar-refractivity contribution < 1.29 is 14.7 Å². The molecule has 2 aliphatic rings. The van der Waals surface area contributed by atoms with Crippen LogP contribution in [-0.4, -0.2) is 36.1 Å². The van der Waals surface area contributed by atoms with Crippen molar-refractivity contribution in [1.82, 2.24) is 5.32 Å². The van der Waals surface area contributed by atoms with E-state index in [4.69, 9.17) is 0 Å². The van der Waals surface area contributed by atoms with Crippen LogP contribution in [0.4, 0.5) is 11.4 Å². The van der Waals surface area contributed by atoms with Crippen LogP contribution in [0.1, 0.15) is 16.7 Å². The summed E-state index contributed by atoms with van der Waals surface area (Å²) in [5.74, 6) is 1.55. The molecule has 2 aromatic rings. The van der Waals surface area contributed by atoms with Crippen LogP contribution in [0.2, 0.25) is 0 Å². The molecule has 4 N–H and O–H groups in total. The Balaban J connectivity index is 1.65. The van der Waals surface area contributed by atoms with Gasteiger partial charge >= 0.3 is 5.97 Å². The minimum absolute atomic E-state index is 0.182. The Morgan fingerprint density at radius 3 is 2.89 bits per heavy atom. The zero-order valence-corrected chi connectivity index (χ0v) is 15.0. The number of fused-ring (bicyclic) bond motifs is 1. The van der Waals surface area contributed by atoms with Crippen LogP contribution in [0.25, 0.3) is 11.6 Å². The number of rotatable bonds is 4. The van der Waals surface area contributed by atoms with Gasteiger partial charge in [0.1, 0.15) is 11.6 Å². The number of nitrogens with zero attached hydrogens (tertiary/aromatic N) is 1. The lowest BCUT2D eigenvalue weighted by molar-refractivity contribution is -0.130. The molecular weight excluding hydrogens is 356 g/mol. The topological polar surface area (TPSA) is 103 Å². The van der Waals surface area contributed by atoms with E-state index in [-0.39, 0.29) is 5.57 Å². The van der Waals surface area contributed by atoms with Gasteiger partial charge in [-0.25, -0.2) is 9.59 Å². The number of hydrogen-bond donors (Lipinski definition) is 4. The first-order valence-corrected chi connectivity index (χ1v) is 8.87. The van der Waals surface area contributed by atoms with Crippen LogP contribution in [0.5, 0.6) is 0 Å². The molecule has 2 heterocycles. The molecule has 0 unspecified atom stereocenters. The van der Waals surface area contributed by atoms with Crippen molar-refractivity contribution in [2.24, 2.45) is 4.99 Å². The van der Waals surface area contributed by atoms with E-state index in [1.54, 1.807) is 24.3 Å². The number of aliphatic carboxylic acids is 1. The van der Waals surface area contributed by atoms with Gasteiger partial charge < -0.3 is 21.1 Å². The standard InChI is InChI=1S/C21H18N4O3/c26-12-17-11-15-8-13(4-5-19(15)24-17)9-18(20(27)28)14-2-1-3-16(10-14)25-21-22-6-7-23-21/h1-5,8-10,24H,6-7,11H2,(H,27,28)(H2,22,23,25). The summed E-state index contributed by atoms with van der Waals surface area (Å²) in [6, 6.07) is 12.8.